The number of hydrogen-bond acceptors (Lipinski definition) is 3. The van der Waals surface area contributed by atoms with Crippen molar-refractivity contribution >= 4 is 15.9 Å². The lowest BCUT2D eigenvalue weighted by Gasteiger charge is -2.23. The molecule has 1 heterocycles. The molecule has 1 aromatic heterocycles. The number of primary sulfonamides is 1. The molecule has 2 rings (SSSR count). The number of aromatic nitrogens is 1. The van der Waals surface area contributed by atoms with Crippen LogP contribution in [0.1, 0.15) is 43.1 Å². The molecule has 106 valence electrons. The Hall–Kier alpha value is -1.34. The maximum Gasteiger partial charge on any atom is 0.267 e. The molecule has 4 N–H and O–H groups in total. The molecule has 1 aromatic rings. The normalized spacial score (nSPS) is 18.4. The van der Waals surface area contributed by atoms with E-state index in [9.17, 15) is 13.2 Å². The van der Waals surface area contributed by atoms with Gasteiger partial charge >= 0.3 is 0 Å². The van der Waals surface area contributed by atoms with Gasteiger partial charge in [-0.3, -0.25) is 4.79 Å². The Morgan fingerprint density at radius 2 is 2.11 bits per heavy atom. The maximum atomic E-state index is 11.9. The van der Waals surface area contributed by atoms with Crippen LogP contribution < -0.4 is 10.5 Å². The second-order valence-electron chi connectivity index (χ2n) is 5.49. The minimum atomic E-state index is -3.77. The van der Waals surface area contributed by atoms with Crippen LogP contribution in [-0.4, -0.2) is 25.9 Å². The van der Waals surface area contributed by atoms with E-state index in [1.54, 1.807) is 0 Å². The summed E-state index contributed by atoms with van der Waals surface area (Å²) in [6.07, 6.45) is 5.84. The van der Waals surface area contributed by atoms with Crippen molar-refractivity contribution in [3.63, 3.8) is 0 Å². The molecule has 0 atom stereocenters. The topological polar surface area (TPSA) is 105 Å². The van der Waals surface area contributed by atoms with E-state index in [4.69, 9.17) is 5.14 Å². The summed E-state index contributed by atoms with van der Waals surface area (Å²) in [4.78, 5) is 14.5. The van der Waals surface area contributed by atoms with E-state index < -0.39 is 10.0 Å². The Morgan fingerprint density at radius 3 is 2.63 bits per heavy atom. The molecule has 1 saturated carbocycles. The summed E-state index contributed by atoms with van der Waals surface area (Å²) >= 11 is 0. The molecular formula is C12H19N3O3S. The quantitative estimate of drug-likeness (QED) is 0.767. The number of carbonyl (C=O) groups excluding carboxylic acids is 1. The molecule has 6 nitrogen and oxygen atoms in total. The largest absolute Gasteiger partial charge is 0.356 e. The van der Waals surface area contributed by atoms with E-state index in [0.29, 0.717) is 6.54 Å². The van der Waals surface area contributed by atoms with E-state index in [-0.39, 0.29) is 21.9 Å². The van der Waals surface area contributed by atoms with Gasteiger partial charge in [0.05, 0.1) is 4.90 Å². The van der Waals surface area contributed by atoms with E-state index in [0.717, 1.165) is 12.8 Å². The molecule has 0 bridgehead atoms. The van der Waals surface area contributed by atoms with Crippen molar-refractivity contribution in [2.75, 3.05) is 6.54 Å². The lowest BCUT2D eigenvalue weighted by molar-refractivity contribution is 0.0930. The third kappa shape index (κ3) is 3.36. The molecule has 0 spiro atoms. The number of amides is 1. The molecule has 7 heteroatoms. The fourth-order valence-corrected chi connectivity index (χ4v) is 2.97. The predicted molar refractivity (Wildman–Crippen MR) is 71.1 cm³/mol. The molecule has 0 saturated heterocycles. The average Bonchev–Trinajstić information content (AvgIpc) is 2.94. The van der Waals surface area contributed by atoms with E-state index in [2.05, 4.69) is 17.2 Å². The lowest BCUT2D eigenvalue weighted by Crippen LogP contribution is -2.34. The van der Waals surface area contributed by atoms with Crippen LogP contribution in [0.5, 0.6) is 0 Å². The van der Waals surface area contributed by atoms with E-state index in [1.165, 1.54) is 25.1 Å². The number of rotatable bonds is 4. The number of nitrogens with two attached hydrogens (primary N) is 1. The van der Waals surface area contributed by atoms with Crippen molar-refractivity contribution in [2.45, 2.75) is 37.5 Å². The van der Waals surface area contributed by atoms with Gasteiger partial charge in [0.1, 0.15) is 5.69 Å². The molecular weight excluding hydrogens is 266 g/mol. The fourth-order valence-electron chi connectivity index (χ4n) is 2.46. The number of nitrogens with one attached hydrogen (secondary N) is 2. The summed E-state index contributed by atoms with van der Waals surface area (Å²) in [7, 11) is -3.77. The third-order valence-corrected chi connectivity index (χ3v) is 4.61. The highest BCUT2D eigenvalue weighted by molar-refractivity contribution is 7.89. The highest BCUT2D eigenvalue weighted by atomic mass is 32.2. The molecule has 1 fully saturated rings. The zero-order valence-electron chi connectivity index (χ0n) is 10.9. The summed E-state index contributed by atoms with van der Waals surface area (Å²) in [6.45, 7) is 2.76. The first kappa shape index (κ1) is 14.1. The summed E-state index contributed by atoms with van der Waals surface area (Å²) in [5.41, 5.74) is 0.371. The smallest absolute Gasteiger partial charge is 0.267 e. The van der Waals surface area contributed by atoms with Gasteiger partial charge in [-0.1, -0.05) is 19.8 Å². The number of carbonyl (C=O) groups is 1. The van der Waals surface area contributed by atoms with Crippen LogP contribution in [-0.2, 0) is 10.0 Å². The highest BCUT2D eigenvalue weighted by Gasteiger charge is 2.29. The van der Waals surface area contributed by atoms with E-state index in [1.807, 2.05) is 0 Å². The van der Waals surface area contributed by atoms with Crippen molar-refractivity contribution < 1.29 is 13.2 Å². The minimum absolute atomic E-state index is 0.0790. The van der Waals surface area contributed by atoms with Crippen LogP contribution in [0.3, 0.4) is 0 Å². The molecule has 0 radical (unpaired) electrons. The van der Waals surface area contributed by atoms with Gasteiger partial charge in [-0.2, -0.15) is 0 Å². The standard InChI is InChI=1S/C12H19N3O3S/c1-12(4-2-3-5-12)8-15-11(16)10-6-9(7-14-10)19(13,17)18/h6-7,14H,2-5,8H2,1H3,(H,15,16)(H2,13,17,18). The highest BCUT2D eigenvalue weighted by Crippen LogP contribution is 2.36. The lowest BCUT2D eigenvalue weighted by atomic mass is 9.89. The number of sulfonamides is 1. The Kier molecular flexibility index (Phi) is 3.69. The van der Waals surface area contributed by atoms with Crippen molar-refractivity contribution in [3.8, 4) is 0 Å². The summed E-state index contributed by atoms with van der Waals surface area (Å²) in [6, 6.07) is 1.25. The monoisotopic (exact) mass is 285 g/mol. The Labute approximate surface area is 112 Å². The summed E-state index contributed by atoms with van der Waals surface area (Å²) in [5.74, 6) is -0.303. The SMILES string of the molecule is CC1(CNC(=O)c2cc(S(N)(=O)=O)c[nH]2)CCCC1. The van der Waals surface area contributed by atoms with Gasteiger partial charge in [0.25, 0.3) is 5.91 Å². The molecule has 19 heavy (non-hydrogen) atoms. The van der Waals surface area contributed by atoms with Gasteiger partial charge in [-0.05, 0) is 24.3 Å². The van der Waals surface area contributed by atoms with Gasteiger partial charge in [0.15, 0.2) is 0 Å². The first-order valence-electron chi connectivity index (χ1n) is 6.30. The Bertz CT molecular complexity index is 571. The van der Waals surface area contributed by atoms with Crippen LogP contribution in [0.15, 0.2) is 17.2 Å². The third-order valence-electron chi connectivity index (χ3n) is 3.72. The van der Waals surface area contributed by atoms with Gasteiger partial charge < -0.3 is 10.3 Å². The second kappa shape index (κ2) is 4.97. The maximum absolute atomic E-state index is 11.9. The zero-order chi connectivity index (χ0) is 14.1. The number of aromatic amines is 1. The fraction of sp³-hybridized carbons (Fsp3) is 0.583. The van der Waals surface area contributed by atoms with Gasteiger partial charge in [0, 0.05) is 12.7 Å². The molecule has 1 amide bonds. The van der Waals surface area contributed by atoms with Crippen LogP contribution in [0.2, 0.25) is 0 Å². The molecule has 0 aliphatic heterocycles. The molecule has 0 unspecified atom stereocenters. The van der Waals surface area contributed by atoms with Crippen LogP contribution in [0.4, 0.5) is 0 Å². The average molecular weight is 285 g/mol. The summed E-state index contributed by atoms with van der Waals surface area (Å²) < 4.78 is 22.2. The number of H-pyrrole nitrogens is 1. The first-order valence-corrected chi connectivity index (χ1v) is 7.84. The van der Waals surface area contributed by atoms with Crippen LogP contribution >= 0.6 is 0 Å². The van der Waals surface area contributed by atoms with Crippen molar-refractivity contribution in [3.05, 3.63) is 18.0 Å². The van der Waals surface area contributed by atoms with Crippen molar-refractivity contribution in [1.29, 1.82) is 0 Å². The minimum Gasteiger partial charge on any atom is -0.356 e. The van der Waals surface area contributed by atoms with Gasteiger partial charge in [0.2, 0.25) is 10.0 Å². The molecule has 0 aromatic carbocycles. The second-order valence-corrected chi connectivity index (χ2v) is 7.06. The van der Waals surface area contributed by atoms with Gasteiger partial charge in [-0.25, -0.2) is 13.6 Å². The van der Waals surface area contributed by atoms with Crippen LogP contribution in [0, 0.1) is 5.41 Å². The molecule has 1 aliphatic rings. The predicted octanol–water partition coefficient (Wildman–Crippen LogP) is 0.972. The van der Waals surface area contributed by atoms with Gasteiger partial charge in [-0.15, -0.1) is 0 Å². The van der Waals surface area contributed by atoms with Crippen LogP contribution in [0.25, 0.3) is 0 Å². The van der Waals surface area contributed by atoms with E-state index >= 15 is 0 Å². The Morgan fingerprint density at radius 1 is 1.47 bits per heavy atom. The number of hydrogen-bond donors (Lipinski definition) is 3. The summed E-state index contributed by atoms with van der Waals surface area (Å²) in [5, 5.41) is 7.83. The molecule has 1 aliphatic carbocycles. The zero-order valence-corrected chi connectivity index (χ0v) is 11.7. The van der Waals surface area contributed by atoms with Crippen molar-refractivity contribution in [2.24, 2.45) is 10.6 Å². The first-order chi connectivity index (χ1) is 8.80. The Balaban J connectivity index is 1.99. The van der Waals surface area contributed by atoms with Crippen molar-refractivity contribution in [1.82, 2.24) is 10.3 Å².